The summed E-state index contributed by atoms with van der Waals surface area (Å²) in [4.78, 5) is 0. The summed E-state index contributed by atoms with van der Waals surface area (Å²) in [5.74, 6) is -3.00. The molecule has 0 amide bonds. The summed E-state index contributed by atoms with van der Waals surface area (Å²) in [5, 5.41) is 23.0. The Kier molecular flexibility index (Phi) is 4.77. The smallest absolute Gasteiger partial charge is 0.400 e. The van der Waals surface area contributed by atoms with Crippen molar-refractivity contribution in [1.82, 2.24) is 5.32 Å². The summed E-state index contributed by atoms with van der Waals surface area (Å²) in [6.07, 6.45) is -4.25. The molecule has 2 unspecified atom stereocenters. The SMILES string of the molecule is NC(=NO)C(CNCC1(O)CCOC1)C(F)(F)F. The van der Waals surface area contributed by atoms with E-state index in [-0.39, 0.29) is 13.2 Å². The fraction of sp³-hybridized carbons (Fsp3) is 0.889. The van der Waals surface area contributed by atoms with E-state index in [1.54, 1.807) is 0 Å². The van der Waals surface area contributed by atoms with E-state index in [9.17, 15) is 18.3 Å². The molecule has 1 fully saturated rings. The predicted molar refractivity (Wildman–Crippen MR) is 56.2 cm³/mol. The molecule has 0 radical (unpaired) electrons. The maximum atomic E-state index is 12.6. The van der Waals surface area contributed by atoms with Gasteiger partial charge in [-0.2, -0.15) is 13.2 Å². The molecule has 2 atom stereocenters. The number of alkyl halides is 3. The van der Waals surface area contributed by atoms with Gasteiger partial charge in [0, 0.05) is 26.1 Å². The third-order valence-electron chi connectivity index (χ3n) is 2.75. The van der Waals surface area contributed by atoms with Crippen molar-refractivity contribution in [2.75, 3.05) is 26.3 Å². The van der Waals surface area contributed by atoms with Gasteiger partial charge in [0.05, 0.1) is 6.61 Å². The molecule has 1 aliphatic heterocycles. The van der Waals surface area contributed by atoms with Crippen molar-refractivity contribution in [3.8, 4) is 0 Å². The molecule has 0 aromatic carbocycles. The number of hydrogen-bond acceptors (Lipinski definition) is 5. The van der Waals surface area contributed by atoms with Gasteiger partial charge in [-0.1, -0.05) is 5.16 Å². The molecule has 6 nitrogen and oxygen atoms in total. The van der Waals surface area contributed by atoms with E-state index in [2.05, 4.69) is 10.5 Å². The first-order chi connectivity index (χ1) is 8.28. The molecule has 0 spiro atoms. The summed E-state index contributed by atoms with van der Waals surface area (Å²) in [6.45, 7) is -0.151. The van der Waals surface area contributed by atoms with Crippen molar-refractivity contribution in [1.29, 1.82) is 0 Å². The Labute approximate surface area is 102 Å². The van der Waals surface area contributed by atoms with Gasteiger partial charge < -0.3 is 26.1 Å². The lowest BCUT2D eigenvalue weighted by atomic mass is 10.0. The highest BCUT2D eigenvalue weighted by Crippen LogP contribution is 2.26. The maximum absolute atomic E-state index is 12.6. The Bertz CT molecular complexity index is 303. The number of nitrogens with zero attached hydrogens (tertiary/aromatic N) is 1. The summed E-state index contributed by atoms with van der Waals surface area (Å²) in [5.41, 5.74) is 3.83. The van der Waals surface area contributed by atoms with E-state index in [0.717, 1.165) is 0 Å². The van der Waals surface area contributed by atoms with Gasteiger partial charge in [0.2, 0.25) is 0 Å². The van der Waals surface area contributed by atoms with Gasteiger partial charge in [0.25, 0.3) is 0 Å². The van der Waals surface area contributed by atoms with Crippen molar-refractivity contribution in [2.45, 2.75) is 18.2 Å². The predicted octanol–water partition coefficient (Wildman–Crippen LogP) is -0.348. The molecule has 1 saturated heterocycles. The Balaban J connectivity index is 2.48. The number of amidine groups is 1. The number of hydrogen-bond donors (Lipinski definition) is 4. The fourth-order valence-electron chi connectivity index (χ4n) is 1.64. The van der Waals surface area contributed by atoms with Crippen molar-refractivity contribution in [3.63, 3.8) is 0 Å². The average Bonchev–Trinajstić information content (AvgIpc) is 2.69. The first kappa shape index (κ1) is 15.0. The zero-order chi connectivity index (χ0) is 13.8. The highest BCUT2D eigenvalue weighted by molar-refractivity contribution is 5.83. The lowest BCUT2D eigenvalue weighted by Crippen LogP contribution is -2.47. The highest BCUT2D eigenvalue weighted by Gasteiger charge is 2.43. The van der Waals surface area contributed by atoms with Crippen molar-refractivity contribution in [3.05, 3.63) is 0 Å². The van der Waals surface area contributed by atoms with Crippen molar-refractivity contribution >= 4 is 5.84 Å². The molecular formula is C9H16F3N3O3. The zero-order valence-electron chi connectivity index (χ0n) is 9.57. The van der Waals surface area contributed by atoms with E-state index in [4.69, 9.17) is 15.7 Å². The van der Waals surface area contributed by atoms with Gasteiger partial charge in [0.15, 0.2) is 5.84 Å². The van der Waals surface area contributed by atoms with E-state index in [1.807, 2.05) is 0 Å². The topological polar surface area (TPSA) is 100 Å². The largest absolute Gasteiger partial charge is 0.409 e. The number of halogens is 3. The number of rotatable bonds is 5. The van der Waals surface area contributed by atoms with Gasteiger partial charge in [-0.3, -0.25) is 0 Å². The number of aliphatic hydroxyl groups is 1. The third kappa shape index (κ3) is 4.00. The van der Waals surface area contributed by atoms with Gasteiger partial charge in [-0.05, 0) is 0 Å². The van der Waals surface area contributed by atoms with Gasteiger partial charge in [-0.15, -0.1) is 0 Å². The van der Waals surface area contributed by atoms with Crippen LogP contribution < -0.4 is 11.1 Å². The summed E-state index contributed by atoms with van der Waals surface area (Å²) >= 11 is 0. The fourth-order valence-corrected chi connectivity index (χ4v) is 1.64. The average molecular weight is 271 g/mol. The second-order valence-corrected chi connectivity index (χ2v) is 4.28. The molecule has 18 heavy (non-hydrogen) atoms. The van der Waals surface area contributed by atoms with Gasteiger partial charge >= 0.3 is 6.18 Å². The molecule has 9 heteroatoms. The first-order valence-corrected chi connectivity index (χ1v) is 5.33. The van der Waals surface area contributed by atoms with Crippen LogP contribution in [0.2, 0.25) is 0 Å². The number of nitrogens with two attached hydrogens (primary N) is 1. The molecule has 0 saturated carbocycles. The van der Waals surface area contributed by atoms with Crippen LogP contribution in [0, 0.1) is 5.92 Å². The lowest BCUT2D eigenvalue weighted by Gasteiger charge is -2.24. The minimum Gasteiger partial charge on any atom is -0.409 e. The van der Waals surface area contributed by atoms with Crippen molar-refractivity contribution < 1.29 is 28.2 Å². The Morgan fingerprint density at radius 2 is 2.22 bits per heavy atom. The molecular weight excluding hydrogens is 255 g/mol. The van der Waals surface area contributed by atoms with Crippen LogP contribution in [-0.4, -0.2) is 54.2 Å². The number of ether oxygens (including phenoxy) is 1. The molecule has 0 aliphatic carbocycles. The minimum atomic E-state index is -4.61. The second kappa shape index (κ2) is 5.72. The summed E-state index contributed by atoms with van der Waals surface area (Å²) in [6, 6.07) is 0. The van der Waals surface area contributed by atoms with Crippen LogP contribution in [-0.2, 0) is 4.74 Å². The quantitative estimate of drug-likeness (QED) is 0.237. The van der Waals surface area contributed by atoms with E-state index >= 15 is 0 Å². The van der Waals surface area contributed by atoms with Crippen molar-refractivity contribution in [2.24, 2.45) is 16.8 Å². The lowest BCUT2D eigenvalue weighted by molar-refractivity contribution is -0.155. The van der Waals surface area contributed by atoms with Crippen LogP contribution >= 0.6 is 0 Å². The third-order valence-corrected chi connectivity index (χ3v) is 2.75. The van der Waals surface area contributed by atoms with E-state index in [1.165, 1.54) is 0 Å². The van der Waals surface area contributed by atoms with Gasteiger partial charge in [-0.25, -0.2) is 0 Å². The van der Waals surface area contributed by atoms with Crippen LogP contribution in [0.4, 0.5) is 13.2 Å². The van der Waals surface area contributed by atoms with E-state index < -0.39 is 30.1 Å². The molecule has 0 aromatic rings. The zero-order valence-corrected chi connectivity index (χ0v) is 9.57. The van der Waals surface area contributed by atoms with Crippen LogP contribution in [0.1, 0.15) is 6.42 Å². The number of nitrogens with one attached hydrogen (secondary N) is 1. The molecule has 0 bridgehead atoms. The monoisotopic (exact) mass is 271 g/mol. The summed E-state index contributed by atoms with van der Waals surface area (Å²) < 4.78 is 42.6. The normalized spacial score (nSPS) is 27.4. The Morgan fingerprint density at radius 3 is 2.67 bits per heavy atom. The molecule has 1 heterocycles. The Hall–Kier alpha value is -1.06. The van der Waals surface area contributed by atoms with E-state index in [0.29, 0.717) is 13.0 Å². The highest BCUT2D eigenvalue weighted by atomic mass is 19.4. The summed E-state index contributed by atoms with van der Waals surface area (Å²) in [7, 11) is 0. The maximum Gasteiger partial charge on any atom is 0.400 e. The Morgan fingerprint density at radius 1 is 1.56 bits per heavy atom. The molecule has 1 rings (SSSR count). The standard InChI is InChI=1S/C9H16F3N3O3/c10-9(11,12)6(7(13)15-17)3-14-4-8(16)1-2-18-5-8/h6,14,16-17H,1-5H2,(H2,13,15). The van der Waals surface area contributed by atoms with Crippen LogP contribution in [0.25, 0.3) is 0 Å². The molecule has 0 aromatic heterocycles. The first-order valence-electron chi connectivity index (χ1n) is 5.33. The van der Waals surface area contributed by atoms with Crippen LogP contribution in [0.3, 0.4) is 0 Å². The second-order valence-electron chi connectivity index (χ2n) is 4.28. The van der Waals surface area contributed by atoms with Gasteiger partial charge in [0.1, 0.15) is 11.5 Å². The minimum absolute atomic E-state index is 0.0434. The molecule has 5 N–H and O–H groups in total. The molecule has 1 aliphatic rings. The molecule has 106 valence electrons. The van der Waals surface area contributed by atoms with Crippen LogP contribution in [0.5, 0.6) is 0 Å². The number of oxime groups is 1. The van der Waals surface area contributed by atoms with Crippen LogP contribution in [0.15, 0.2) is 5.16 Å².